The Morgan fingerprint density at radius 2 is 1.67 bits per heavy atom. The van der Waals surface area contributed by atoms with Crippen molar-refractivity contribution in [3.8, 4) is 11.1 Å². The number of rotatable bonds is 4. The van der Waals surface area contributed by atoms with Crippen LogP contribution in [0.3, 0.4) is 0 Å². The molecule has 30 heavy (non-hydrogen) atoms. The maximum absolute atomic E-state index is 9.55. The zero-order chi connectivity index (χ0) is 21.5. The van der Waals surface area contributed by atoms with E-state index in [9.17, 15) is 9.59 Å². The van der Waals surface area contributed by atoms with Gasteiger partial charge in [-0.05, 0) is 60.5 Å². The van der Waals surface area contributed by atoms with Gasteiger partial charge in [-0.15, -0.1) is 0 Å². The normalized spacial score (nSPS) is 16.4. The van der Waals surface area contributed by atoms with Gasteiger partial charge >= 0.3 is 11.9 Å². The van der Waals surface area contributed by atoms with Gasteiger partial charge in [-0.1, -0.05) is 36.4 Å². The third-order valence-corrected chi connectivity index (χ3v) is 5.12. The van der Waals surface area contributed by atoms with E-state index in [-0.39, 0.29) is 0 Å². The van der Waals surface area contributed by atoms with Crippen LogP contribution >= 0.6 is 0 Å². The molecule has 1 fully saturated rings. The Morgan fingerprint density at radius 3 is 2.30 bits per heavy atom. The fourth-order valence-corrected chi connectivity index (χ4v) is 3.64. The molecule has 0 amide bonds. The number of carboxylic acid groups (broad SMARTS) is 2. The van der Waals surface area contributed by atoms with Crippen LogP contribution in [0.15, 0.2) is 73.1 Å². The Hall–Kier alpha value is -3.51. The first kappa shape index (κ1) is 21.2. The standard InChI is InChI=1S/C20H20N2.C4H4O4/c1-22-10-4-7-20(22)19-12-18(13-21-14-19)17-9-8-15-5-2-3-6-16(15)11-17;5-3(6)1-2-4(7)8/h2-3,5-6,8-9,11-14,20H,4,7,10H2,1H3;1-2H,(H,5,6)(H,7,8)/b;2-1+. The highest BCUT2D eigenvalue weighted by atomic mass is 16.4. The van der Waals surface area contributed by atoms with E-state index in [2.05, 4.69) is 65.5 Å². The van der Waals surface area contributed by atoms with E-state index >= 15 is 0 Å². The number of carbonyl (C=O) groups is 2. The van der Waals surface area contributed by atoms with Gasteiger partial charge in [0, 0.05) is 36.2 Å². The summed E-state index contributed by atoms with van der Waals surface area (Å²) in [7, 11) is 2.21. The van der Waals surface area contributed by atoms with Crippen LogP contribution in [0.25, 0.3) is 21.9 Å². The van der Waals surface area contributed by atoms with Crippen molar-refractivity contribution in [3.05, 3.63) is 78.6 Å². The topological polar surface area (TPSA) is 90.7 Å². The van der Waals surface area contributed by atoms with Crippen molar-refractivity contribution in [2.75, 3.05) is 13.6 Å². The predicted molar refractivity (Wildman–Crippen MR) is 116 cm³/mol. The Labute approximate surface area is 175 Å². The zero-order valence-electron chi connectivity index (χ0n) is 16.7. The minimum Gasteiger partial charge on any atom is -0.478 e. The minimum absolute atomic E-state index is 0.521. The number of pyridine rings is 1. The van der Waals surface area contributed by atoms with E-state index in [0.29, 0.717) is 18.2 Å². The van der Waals surface area contributed by atoms with E-state index in [1.165, 1.54) is 46.8 Å². The number of hydrogen-bond acceptors (Lipinski definition) is 4. The van der Waals surface area contributed by atoms with Crippen molar-refractivity contribution in [2.45, 2.75) is 18.9 Å². The summed E-state index contributed by atoms with van der Waals surface area (Å²) in [6, 6.07) is 18.0. The lowest BCUT2D eigenvalue weighted by Gasteiger charge is -2.20. The SMILES string of the molecule is CN1CCCC1c1cncc(-c2ccc3ccccc3c2)c1.O=C(O)/C=C/C(=O)O. The molecule has 6 nitrogen and oxygen atoms in total. The van der Waals surface area contributed by atoms with E-state index in [1.807, 2.05) is 12.4 Å². The van der Waals surface area contributed by atoms with Gasteiger partial charge in [-0.25, -0.2) is 9.59 Å². The number of carboxylic acids is 2. The lowest BCUT2D eigenvalue weighted by molar-refractivity contribution is -0.134. The highest BCUT2D eigenvalue weighted by Gasteiger charge is 2.22. The van der Waals surface area contributed by atoms with Crippen molar-refractivity contribution < 1.29 is 19.8 Å². The van der Waals surface area contributed by atoms with Crippen molar-refractivity contribution >= 4 is 22.7 Å². The molecule has 3 aromatic rings. The largest absolute Gasteiger partial charge is 0.478 e. The summed E-state index contributed by atoms with van der Waals surface area (Å²) < 4.78 is 0. The second-order valence-electron chi connectivity index (χ2n) is 7.22. The number of likely N-dealkylation sites (tertiary alicyclic amines) is 1. The monoisotopic (exact) mass is 404 g/mol. The first-order valence-electron chi connectivity index (χ1n) is 9.72. The lowest BCUT2D eigenvalue weighted by Crippen LogP contribution is -2.17. The molecule has 2 heterocycles. The third-order valence-electron chi connectivity index (χ3n) is 5.12. The van der Waals surface area contributed by atoms with Crippen LogP contribution in [0.2, 0.25) is 0 Å². The number of nitrogens with zero attached hydrogens (tertiary/aromatic N) is 2. The Morgan fingerprint density at radius 1 is 0.967 bits per heavy atom. The first-order valence-corrected chi connectivity index (χ1v) is 9.72. The fraction of sp³-hybridized carbons (Fsp3) is 0.208. The summed E-state index contributed by atoms with van der Waals surface area (Å²) in [5.41, 5.74) is 3.79. The Kier molecular flexibility index (Phi) is 6.93. The van der Waals surface area contributed by atoms with Crippen LogP contribution < -0.4 is 0 Å². The molecule has 6 heteroatoms. The predicted octanol–water partition coefficient (Wildman–Crippen LogP) is 4.38. The molecule has 0 aliphatic carbocycles. The molecule has 0 radical (unpaired) electrons. The Balaban J connectivity index is 0.000000275. The van der Waals surface area contributed by atoms with E-state index < -0.39 is 11.9 Å². The summed E-state index contributed by atoms with van der Waals surface area (Å²) in [4.78, 5) is 26.0. The van der Waals surface area contributed by atoms with Crippen LogP contribution in [0.4, 0.5) is 0 Å². The lowest BCUT2D eigenvalue weighted by atomic mass is 9.99. The van der Waals surface area contributed by atoms with E-state index in [0.717, 1.165) is 0 Å². The summed E-state index contributed by atoms with van der Waals surface area (Å²) in [6.07, 6.45) is 7.63. The zero-order valence-corrected chi connectivity index (χ0v) is 16.7. The smallest absolute Gasteiger partial charge is 0.328 e. The van der Waals surface area contributed by atoms with Crippen molar-refractivity contribution in [3.63, 3.8) is 0 Å². The number of hydrogen-bond donors (Lipinski definition) is 2. The molecule has 0 spiro atoms. The molecule has 154 valence electrons. The second kappa shape index (κ2) is 9.80. The Bertz CT molecular complexity index is 1060. The molecule has 1 saturated heterocycles. The quantitative estimate of drug-likeness (QED) is 0.627. The molecular weight excluding hydrogens is 380 g/mol. The minimum atomic E-state index is -1.26. The van der Waals surface area contributed by atoms with Gasteiger partial charge in [0.05, 0.1) is 0 Å². The third kappa shape index (κ3) is 5.52. The van der Waals surface area contributed by atoms with Gasteiger partial charge in [-0.3, -0.25) is 9.88 Å². The van der Waals surface area contributed by atoms with Crippen molar-refractivity contribution in [1.29, 1.82) is 0 Å². The van der Waals surface area contributed by atoms with Gasteiger partial charge in [0.25, 0.3) is 0 Å². The van der Waals surface area contributed by atoms with Gasteiger partial charge in [-0.2, -0.15) is 0 Å². The van der Waals surface area contributed by atoms with E-state index in [1.54, 1.807) is 0 Å². The number of fused-ring (bicyclic) bond motifs is 1. The molecule has 1 aliphatic heterocycles. The van der Waals surface area contributed by atoms with Crippen LogP contribution in [0.5, 0.6) is 0 Å². The number of aliphatic carboxylic acids is 2. The molecule has 2 aromatic carbocycles. The molecule has 0 bridgehead atoms. The molecule has 0 saturated carbocycles. The van der Waals surface area contributed by atoms with Gasteiger partial charge in [0.15, 0.2) is 0 Å². The van der Waals surface area contributed by atoms with Crippen LogP contribution in [-0.2, 0) is 9.59 Å². The van der Waals surface area contributed by atoms with Gasteiger partial charge in [0.1, 0.15) is 0 Å². The first-order chi connectivity index (χ1) is 14.4. The van der Waals surface area contributed by atoms with Crippen LogP contribution in [0, 0.1) is 0 Å². The van der Waals surface area contributed by atoms with E-state index in [4.69, 9.17) is 10.2 Å². The van der Waals surface area contributed by atoms with Gasteiger partial charge in [0.2, 0.25) is 0 Å². The molecule has 1 atom stereocenters. The average molecular weight is 404 g/mol. The molecular formula is C24H24N2O4. The molecule has 1 aromatic heterocycles. The van der Waals surface area contributed by atoms with Crippen LogP contribution in [-0.4, -0.2) is 45.6 Å². The highest BCUT2D eigenvalue weighted by molar-refractivity contribution is 5.89. The number of aromatic nitrogens is 1. The molecule has 1 unspecified atom stereocenters. The van der Waals surface area contributed by atoms with Crippen molar-refractivity contribution in [2.24, 2.45) is 0 Å². The maximum atomic E-state index is 9.55. The molecule has 4 rings (SSSR count). The summed E-state index contributed by atoms with van der Waals surface area (Å²) in [6.45, 7) is 1.19. The second-order valence-corrected chi connectivity index (χ2v) is 7.22. The van der Waals surface area contributed by atoms with Crippen molar-refractivity contribution in [1.82, 2.24) is 9.88 Å². The average Bonchev–Trinajstić information content (AvgIpc) is 3.18. The molecule has 1 aliphatic rings. The highest BCUT2D eigenvalue weighted by Crippen LogP contribution is 2.32. The summed E-state index contributed by atoms with van der Waals surface area (Å²) in [5, 5.41) is 18.2. The maximum Gasteiger partial charge on any atom is 0.328 e. The number of benzene rings is 2. The van der Waals surface area contributed by atoms with Gasteiger partial charge < -0.3 is 10.2 Å². The summed E-state index contributed by atoms with van der Waals surface area (Å²) in [5.74, 6) is -2.51. The molecule has 2 N–H and O–H groups in total. The fourth-order valence-electron chi connectivity index (χ4n) is 3.64. The summed E-state index contributed by atoms with van der Waals surface area (Å²) >= 11 is 0. The van der Waals surface area contributed by atoms with Crippen LogP contribution in [0.1, 0.15) is 24.4 Å².